The Morgan fingerprint density at radius 3 is 2.84 bits per heavy atom. The van der Waals surface area contributed by atoms with Crippen molar-refractivity contribution in [3.8, 4) is 0 Å². The van der Waals surface area contributed by atoms with E-state index >= 15 is 0 Å². The van der Waals surface area contributed by atoms with Gasteiger partial charge in [0.1, 0.15) is 0 Å². The van der Waals surface area contributed by atoms with E-state index in [0.29, 0.717) is 16.5 Å². The van der Waals surface area contributed by atoms with E-state index in [4.69, 9.17) is 4.42 Å². The van der Waals surface area contributed by atoms with E-state index in [1.54, 1.807) is 12.1 Å². The zero-order chi connectivity index (χ0) is 13.4. The van der Waals surface area contributed by atoms with E-state index in [1.165, 1.54) is 25.7 Å². The van der Waals surface area contributed by atoms with Gasteiger partial charge < -0.3 is 9.73 Å². The molecule has 104 valence electrons. The van der Waals surface area contributed by atoms with Gasteiger partial charge in [0.25, 0.3) is 0 Å². The molecule has 0 radical (unpaired) electrons. The SMILES string of the molecule is CC(NC(=O)Nc1ccc(Br)o1)C1CC2CCC1C2. The summed E-state index contributed by atoms with van der Waals surface area (Å²) in [4.78, 5) is 11.9. The molecule has 1 aromatic rings. The maximum absolute atomic E-state index is 11.9. The fraction of sp³-hybridized carbons (Fsp3) is 0.643. The Labute approximate surface area is 121 Å². The average molecular weight is 327 g/mol. The number of amides is 2. The molecule has 1 heterocycles. The second kappa shape index (κ2) is 5.19. The largest absolute Gasteiger partial charge is 0.434 e. The Bertz CT molecular complexity index is 474. The van der Waals surface area contributed by atoms with Crippen molar-refractivity contribution in [3.05, 3.63) is 16.8 Å². The Balaban J connectivity index is 1.52. The van der Waals surface area contributed by atoms with Crippen LogP contribution < -0.4 is 10.6 Å². The lowest BCUT2D eigenvalue weighted by Crippen LogP contribution is -2.42. The number of urea groups is 1. The summed E-state index contributed by atoms with van der Waals surface area (Å²) in [6.45, 7) is 2.11. The van der Waals surface area contributed by atoms with Crippen LogP contribution in [0.3, 0.4) is 0 Å². The van der Waals surface area contributed by atoms with Gasteiger partial charge in [-0.05, 0) is 65.9 Å². The summed E-state index contributed by atoms with van der Waals surface area (Å²) in [6.07, 6.45) is 5.37. The van der Waals surface area contributed by atoms with Gasteiger partial charge in [0.15, 0.2) is 4.67 Å². The van der Waals surface area contributed by atoms with Gasteiger partial charge in [0, 0.05) is 12.1 Å². The molecule has 3 rings (SSSR count). The van der Waals surface area contributed by atoms with Crippen LogP contribution in [0.15, 0.2) is 21.2 Å². The normalized spacial score (nSPS) is 30.3. The monoisotopic (exact) mass is 326 g/mol. The lowest BCUT2D eigenvalue weighted by atomic mass is 9.84. The third kappa shape index (κ3) is 2.81. The predicted molar refractivity (Wildman–Crippen MR) is 77.0 cm³/mol. The molecule has 2 N–H and O–H groups in total. The van der Waals surface area contributed by atoms with Crippen LogP contribution in [-0.2, 0) is 0 Å². The fourth-order valence-electron chi connectivity index (χ4n) is 3.75. The molecule has 0 aliphatic heterocycles. The molecular weight excluding hydrogens is 308 g/mol. The minimum atomic E-state index is -0.183. The zero-order valence-corrected chi connectivity index (χ0v) is 12.6. The number of anilines is 1. The first kappa shape index (κ1) is 13.0. The minimum Gasteiger partial charge on any atom is -0.434 e. The van der Waals surface area contributed by atoms with Crippen LogP contribution in [0.5, 0.6) is 0 Å². The van der Waals surface area contributed by atoms with Gasteiger partial charge in [-0.3, -0.25) is 5.32 Å². The van der Waals surface area contributed by atoms with Gasteiger partial charge in [0.2, 0.25) is 5.88 Å². The van der Waals surface area contributed by atoms with Gasteiger partial charge >= 0.3 is 6.03 Å². The number of nitrogens with one attached hydrogen (secondary N) is 2. The van der Waals surface area contributed by atoms with Crippen molar-refractivity contribution in [2.24, 2.45) is 17.8 Å². The highest BCUT2D eigenvalue weighted by molar-refractivity contribution is 9.10. The van der Waals surface area contributed by atoms with E-state index in [-0.39, 0.29) is 12.1 Å². The molecule has 0 spiro atoms. The standard InChI is InChI=1S/C14H19BrN2O2/c1-8(11-7-9-2-3-10(11)6-9)16-14(18)17-13-5-4-12(15)19-13/h4-5,8-11H,2-3,6-7H2,1H3,(H2,16,17,18). The smallest absolute Gasteiger partial charge is 0.321 e. The Morgan fingerprint density at radius 1 is 1.42 bits per heavy atom. The number of furan rings is 1. The quantitative estimate of drug-likeness (QED) is 0.882. The lowest BCUT2D eigenvalue weighted by Gasteiger charge is -2.28. The second-order valence-electron chi connectivity index (χ2n) is 5.83. The molecule has 1 aromatic heterocycles. The number of rotatable bonds is 3. The Kier molecular flexibility index (Phi) is 3.56. The molecule has 2 saturated carbocycles. The van der Waals surface area contributed by atoms with Crippen LogP contribution in [0, 0.1) is 17.8 Å². The Hall–Kier alpha value is -0.970. The van der Waals surface area contributed by atoms with Crippen molar-refractivity contribution in [2.75, 3.05) is 5.32 Å². The summed E-state index contributed by atoms with van der Waals surface area (Å²) in [5.41, 5.74) is 0. The van der Waals surface area contributed by atoms with Crippen molar-refractivity contribution < 1.29 is 9.21 Å². The van der Waals surface area contributed by atoms with Crippen LogP contribution in [0.1, 0.15) is 32.6 Å². The molecule has 5 heteroatoms. The number of halogens is 1. The molecule has 2 aliphatic carbocycles. The fourth-order valence-corrected chi connectivity index (χ4v) is 4.06. The molecule has 4 unspecified atom stereocenters. The number of carbonyl (C=O) groups excluding carboxylic acids is 1. The van der Waals surface area contributed by atoms with Crippen LogP contribution in [0.2, 0.25) is 0 Å². The van der Waals surface area contributed by atoms with Crippen molar-refractivity contribution in [1.82, 2.24) is 5.32 Å². The summed E-state index contributed by atoms with van der Waals surface area (Å²) in [7, 11) is 0. The van der Waals surface area contributed by atoms with Gasteiger partial charge in [-0.2, -0.15) is 0 Å². The molecule has 0 aromatic carbocycles. The molecule has 19 heavy (non-hydrogen) atoms. The molecule has 2 aliphatic rings. The van der Waals surface area contributed by atoms with Gasteiger partial charge in [-0.1, -0.05) is 6.42 Å². The van der Waals surface area contributed by atoms with E-state index in [9.17, 15) is 4.79 Å². The van der Waals surface area contributed by atoms with Crippen LogP contribution in [0.4, 0.5) is 10.7 Å². The first-order valence-corrected chi connectivity index (χ1v) is 7.74. The molecule has 2 fully saturated rings. The van der Waals surface area contributed by atoms with Crippen molar-refractivity contribution in [3.63, 3.8) is 0 Å². The highest BCUT2D eigenvalue weighted by Crippen LogP contribution is 2.49. The minimum absolute atomic E-state index is 0.183. The van der Waals surface area contributed by atoms with Crippen molar-refractivity contribution in [1.29, 1.82) is 0 Å². The molecule has 4 atom stereocenters. The number of hydrogen-bond acceptors (Lipinski definition) is 2. The molecule has 4 nitrogen and oxygen atoms in total. The maximum atomic E-state index is 11.9. The third-order valence-electron chi connectivity index (χ3n) is 4.60. The maximum Gasteiger partial charge on any atom is 0.321 e. The number of fused-ring (bicyclic) bond motifs is 2. The van der Waals surface area contributed by atoms with E-state index in [1.807, 2.05) is 0 Å². The highest BCUT2D eigenvalue weighted by atomic mass is 79.9. The summed E-state index contributed by atoms with van der Waals surface area (Å²) in [5, 5.41) is 5.75. The van der Waals surface area contributed by atoms with Crippen LogP contribution >= 0.6 is 15.9 Å². The average Bonchev–Trinajstić information content (AvgIpc) is 3.05. The topological polar surface area (TPSA) is 54.3 Å². The molecular formula is C14H19BrN2O2. The predicted octanol–water partition coefficient (Wildman–Crippen LogP) is 3.99. The molecule has 2 amide bonds. The summed E-state index contributed by atoms with van der Waals surface area (Å²) in [6, 6.07) is 3.53. The van der Waals surface area contributed by atoms with Gasteiger partial charge in [-0.25, -0.2) is 4.79 Å². The van der Waals surface area contributed by atoms with Crippen molar-refractivity contribution in [2.45, 2.75) is 38.6 Å². The number of carbonyl (C=O) groups is 1. The van der Waals surface area contributed by atoms with Crippen LogP contribution in [0.25, 0.3) is 0 Å². The number of hydrogen-bond donors (Lipinski definition) is 2. The first-order chi connectivity index (χ1) is 9.11. The van der Waals surface area contributed by atoms with Crippen molar-refractivity contribution >= 4 is 27.8 Å². The second-order valence-corrected chi connectivity index (χ2v) is 6.61. The van der Waals surface area contributed by atoms with E-state index in [2.05, 4.69) is 33.5 Å². The Morgan fingerprint density at radius 2 is 2.26 bits per heavy atom. The van der Waals surface area contributed by atoms with Gasteiger partial charge in [-0.15, -0.1) is 0 Å². The molecule has 0 saturated heterocycles. The van der Waals surface area contributed by atoms with E-state index < -0.39 is 0 Å². The molecule has 2 bridgehead atoms. The lowest BCUT2D eigenvalue weighted by molar-refractivity contribution is 0.229. The summed E-state index contributed by atoms with van der Waals surface area (Å²) in [5.74, 6) is 2.83. The van der Waals surface area contributed by atoms with Crippen LogP contribution in [-0.4, -0.2) is 12.1 Å². The third-order valence-corrected chi connectivity index (χ3v) is 5.03. The zero-order valence-electron chi connectivity index (χ0n) is 11.0. The summed E-state index contributed by atoms with van der Waals surface area (Å²) < 4.78 is 5.87. The van der Waals surface area contributed by atoms with Gasteiger partial charge in [0.05, 0.1) is 0 Å². The summed E-state index contributed by atoms with van der Waals surface area (Å²) >= 11 is 3.21. The highest BCUT2D eigenvalue weighted by Gasteiger charge is 2.42. The van der Waals surface area contributed by atoms with E-state index in [0.717, 1.165) is 11.8 Å². The first-order valence-electron chi connectivity index (χ1n) is 6.94.